The fraction of sp³-hybridized carbons (Fsp3) is 0.409. The van der Waals surface area contributed by atoms with Crippen molar-refractivity contribution >= 4 is 5.91 Å². The van der Waals surface area contributed by atoms with Gasteiger partial charge in [0.05, 0.1) is 18.2 Å². The first kappa shape index (κ1) is 17.5. The van der Waals surface area contributed by atoms with Crippen molar-refractivity contribution in [1.82, 2.24) is 15.3 Å². The molecule has 5 nitrogen and oxygen atoms in total. The molecule has 1 aromatic heterocycles. The van der Waals surface area contributed by atoms with E-state index in [0.717, 1.165) is 29.5 Å². The van der Waals surface area contributed by atoms with Crippen molar-refractivity contribution in [2.45, 2.75) is 38.6 Å². The number of hydrogen-bond donors (Lipinski definition) is 1. The molecule has 138 valence electrons. The minimum atomic E-state index is 0.0108. The Hall–Kier alpha value is -2.87. The Balaban J connectivity index is 1.33. The normalized spacial score (nSPS) is 16.8. The zero-order valence-corrected chi connectivity index (χ0v) is 15.4. The number of carbonyl (C=O) groups is 1. The summed E-state index contributed by atoms with van der Waals surface area (Å²) >= 11 is 0. The third-order valence-corrected chi connectivity index (χ3v) is 4.84. The average molecular weight is 361 g/mol. The summed E-state index contributed by atoms with van der Waals surface area (Å²) in [6.07, 6.45) is 7.90. The number of rotatable bonds is 6. The van der Waals surface area contributed by atoms with Crippen molar-refractivity contribution in [3.63, 3.8) is 0 Å². The Labute approximate surface area is 159 Å². The van der Waals surface area contributed by atoms with Gasteiger partial charge in [-0.1, -0.05) is 24.0 Å². The fourth-order valence-electron chi connectivity index (χ4n) is 2.69. The number of amides is 1. The zero-order chi connectivity index (χ0) is 18.6. The minimum absolute atomic E-state index is 0.0108. The molecule has 0 bridgehead atoms. The van der Waals surface area contributed by atoms with E-state index in [0.29, 0.717) is 18.5 Å². The lowest BCUT2D eigenvalue weighted by atomic mass is 10.1. The van der Waals surface area contributed by atoms with Gasteiger partial charge in [0.1, 0.15) is 0 Å². The van der Waals surface area contributed by atoms with Crippen LogP contribution < -0.4 is 10.1 Å². The molecule has 1 amide bonds. The van der Waals surface area contributed by atoms with Crippen molar-refractivity contribution < 1.29 is 9.53 Å². The van der Waals surface area contributed by atoms with Crippen LogP contribution in [-0.4, -0.2) is 22.5 Å². The quantitative estimate of drug-likeness (QED) is 0.802. The molecule has 0 aliphatic heterocycles. The Morgan fingerprint density at radius 3 is 2.41 bits per heavy atom. The molecular weight excluding hydrogens is 338 g/mol. The topological polar surface area (TPSA) is 64.1 Å². The SMILES string of the molecule is C[C@H](NC(=O)C1CC1)c1ccc(C#Cc2cnc(OCC3CC3)nc2)cc1. The number of aromatic nitrogens is 2. The Morgan fingerprint density at radius 2 is 1.78 bits per heavy atom. The van der Waals surface area contributed by atoms with Gasteiger partial charge in [0.2, 0.25) is 5.91 Å². The van der Waals surface area contributed by atoms with Gasteiger partial charge in [-0.3, -0.25) is 4.79 Å². The van der Waals surface area contributed by atoms with Gasteiger partial charge in [-0.25, -0.2) is 9.97 Å². The molecule has 4 rings (SSSR count). The summed E-state index contributed by atoms with van der Waals surface area (Å²) in [5.41, 5.74) is 2.74. The first-order valence-electron chi connectivity index (χ1n) is 9.54. The van der Waals surface area contributed by atoms with Crippen LogP contribution in [0.15, 0.2) is 36.7 Å². The molecular formula is C22H23N3O2. The lowest BCUT2D eigenvalue weighted by Gasteiger charge is -2.14. The molecule has 1 atom stereocenters. The van der Waals surface area contributed by atoms with Crippen LogP contribution in [0.3, 0.4) is 0 Å². The molecule has 5 heteroatoms. The van der Waals surface area contributed by atoms with Crippen molar-refractivity contribution in [3.8, 4) is 17.9 Å². The molecule has 2 aromatic rings. The molecule has 2 aliphatic carbocycles. The summed E-state index contributed by atoms with van der Waals surface area (Å²) in [5, 5.41) is 3.06. The summed E-state index contributed by atoms with van der Waals surface area (Å²) in [5.74, 6) is 7.26. The second kappa shape index (κ2) is 7.79. The largest absolute Gasteiger partial charge is 0.463 e. The second-order valence-electron chi connectivity index (χ2n) is 7.39. The third kappa shape index (κ3) is 5.07. The van der Waals surface area contributed by atoms with E-state index in [1.807, 2.05) is 31.2 Å². The number of carbonyl (C=O) groups excluding carboxylic acids is 1. The summed E-state index contributed by atoms with van der Waals surface area (Å²) in [6, 6.07) is 8.38. The Bertz CT molecular complexity index is 857. The van der Waals surface area contributed by atoms with Gasteiger partial charge in [-0.15, -0.1) is 0 Å². The van der Waals surface area contributed by atoms with E-state index >= 15 is 0 Å². The predicted molar refractivity (Wildman–Crippen MR) is 102 cm³/mol. The van der Waals surface area contributed by atoms with Crippen LogP contribution >= 0.6 is 0 Å². The van der Waals surface area contributed by atoms with E-state index in [-0.39, 0.29) is 17.9 Å². The summed E-state index contributed by atoms with van der Waals surface area (Å²) in [4.78, 5) is 20.3. The van der Waals surface area contributed by atoms with E-state index in [1.54, 1.807) is 12.4 Å². The average Bonchev–Trinajstić information content (AvgIpc) is 3.58. The highest BCUT2D eigenvalue weighted by molar-refractivity contribution is 5.81. The Morgan fingerprint density at radius 1 is 1.11 bits per heavy atom. The molecule has 2 saturated carbocycles. The second-order valence-corrected chi connectivity index (χ2v) is 7.39. The third-order valence-electron chi connectivity index (χ3n) is 4.84. The first-order chi connectivity index (χ1) is 13.2. The summed E-state index contributed by atoms with van der Waals surface area (Å²) in [7, 11) is 0. The van der Waals surface area contributed by atoms with Gasteiger partial charge in [0, 0.05) is 23.9 Å². The molecule has 0 radical (unpaired) electrons. The number of nitrogens with one attached hydrogen (secondary N) is 1. The fourth-order valence-corrected chi connectivity index (χ4v) is 2.69. The standard InChI is InChI=1S/C22H23N3O2/c1-15(25-21(26)20-10-11-20)19-8-6-16(7-9-19)2-5-18-12-23-22(24-13-18)27-14-17-3-4-17/h6-9,12-13,15,17,20H,3-4,10-11,14H2,1H3,(H,25,26)/t15-/m0/s1. The van der Waals surface area contributed by atoms with Crippen LogP contribution in [0.2, 0.25) is 0 Å². The highest BCUT2D eigenvalue weighted by Gasteiger charge is 2.30. The van der Waals surface area contributed by atoms with Gasteiger partial charge in [0.25, 0.3) is 0 Å². The van der Waals surface area contributed by atoms with Gasteiger partial charge >= 0.3 is 6.01 Å². The molecule has 2 aliphatic rings. The summed E-state index contributed by atoms with van der Waals surface area (Å²) < 4.78 is 5.53. The lowest BCUT2D eigenvalue weighted by molar-refractivity contribution is -0.122. The van der Waals surface area contributed by atoms with Crippen LogP contribution in [0.5, 0.6) is 6.01 Å². The van der Waals surface area contributed by atoms with Crippen LogP contribution in [-0.2, 0) is 4.79 Å². The number of nitrogens with zero attached hydrogens (tertiary/aromatic N) is 2. The molecule has 27 heavy (non-hydrogen) atoms. The monoisotopic (exact) mass is 361 g/mol. The number of hydrogen-bond acceptors (Lipinski definition) is 4. The summed E-state index contributed by atoms with van der Waals surface area (Å²) in [6.45, 7) is 2.71. The van der Waals surface area contributed by atoms with E-state index < -0.39 is 0 Å². The molecule has 0 spiro atoms. The molecule has 0 saturated heterocycles. The van der Waals surface area contributed by atoms with Crippen LogP contribution in [0.4, 0.5) is 0 Å². The van der Waals surface area contributed by atoms with Crippen LogP contribution in [0.25, 0.3) is 0 Å². The molecule has 2 fully saturated rings. The van der Waals surface area contributed by atoms with E-state index in [4.69, 9.17) is 4.74 Å². The Kier molecular flexibility index (Phi) is 5.06. The van der Waals surface area contributed by atoms with E-state index in [1.165, 1.54) is 12.8 Å². The van der Waals surface area contributed by atoms with Crippen molar-refractivity contribution in [2.75, 3.05) is 6.61 Å². The van der Waals surface area contributed by atoms with Crippen molar-refractivity contribution in [3.05, 3.63) is 53.3 Å². The number of ether oxygens (including phenoxy) is 1. The first-order valence-corrected chi connectivity index (χ1v) is 9.54. The lowest BCUT2D eigenvalue weighted by Crippen LogP contribution is -2.27. The van der Waals surface area contributed by atoms with Crippen LogP contribution in [0, 0.1) is 23.7 Å². The predicted octanol–water partition coefficient (Wildman–Crippen LogP) is 3.25. The minimum Gasteiger partial charge on any atom is -0.463 e. The van der Waals surface area contributed by atoms with Gasteiger partial charge in [0.15, 0.2) is 0 Å². The van der Waals surface area contributed by atoms with E-state index in [9.17, 15) is 4.79 Å². The molecule has 1 aromatic carbocycles. The van der Waals surface area contributed by atoms with Crippen LogP contribution in [0.1, 0.15) is 55.3 Å². The highest BCUT2D eigenvalue weighted by atomic mass is 16.5. The molecule has 0 unspecified atom stereocenters. The van der Waals surface area contributed by atoms with Crippen molar-refractivity contribution in [1.29, 1.82) is 0 Å². The van der Waals surface area contributed by atoms with Gasteiger partial charge in [-0.05, 0) is 56.2 Å². The maximum absolute atomic E-state index is 11.9. The highest BCUT2D eigenvalue weighted by Crippen LogP contribution is 2.30. The molecule has 1 N–H and O–H groups in total. The molecule has 1 heterocycles. The zero-order valence-electron chi connectivity index (χ0n) is 15.4. The van der Waals surface area contributed by atoms with Crippen molar-refractivity contribution in [2.24, 2.45) is 11.8 Å². The van der Waals surface area contributed by atoms with Gasteiger partial charge < -0.3 is 10.1 Å². The smallest absolute Gasteiger partial charge is 0.316 e. The number of benzene rings is 1. The van der Waals surface area contributed by atoms with E-state index in [2.05, 4.69) is 27.1 Å². The van der Waals surface area contributed by atoms with Gasteiger partial charge in [-0.2, -0.15) is 0 Å². The maximum Gasteiger partial charge on any atom is 0.316 e. The maximum atomic E-state index is 11.9.